The number of nitrogens with two attached hydrogens (primary N) is 1. The van der Waals surface area contributed by atoms with Gasteiger partial charge in [-0.2, -0.15) is 13.8 Å². The summed E-state index contributed by atoms with van der Waals surface area (Å²) in [6, 6.07) is 53.6. The van der Waals surface area contributed by atoms with Gasteiger partial charge in [0.05, 0.1) is 19.6 Å². The summed E-state index contributed by atoms with van der Waals surface area (Å²) in [5, 5.41) is 12.3. The van der Waals surface area contributed by atoms with Gasteiger partial charge in [0.25, 0.3) is 0 Å². The van der Waals surface area contributed by atoms with Crippen LogP contribution in [-0.2, 0) is 20.5 Å². The zero-order valence-corrected chi connectivity index (χ0v) is 32.8. The van der Waals surface area contributed by atoms with Crippen LogP contribution in [0.15, 0.2) is 187 Å². The maximum atomic E-state index is 17.1. The van der Waals surface area contributed by atoms with Gasteiger partial charge in [0, 0.05) is 6.20 Å². The number of alkyl halides is 2. The number of rotatable bonds is 13. The monoisotopic (exact) mass is 807 g/mol. The van der Waals surface area contributed by atoms with Crippen LogP contribution in [-0.4, -0.2) is 53.1 Å². The van der Waals surface area contributed by atoms with E-state index in [1.54, 1.807) is 26.4 Å². The van der Waals surface area contributed by atoms with E-state index in [1.165, 1.54) is 6.07 Å². The summed E-state index contributed by atoms with van der Waals surface area (Å²) < 4.78 is 60.4. The van der Waals surface area contributed by atoms with Crippen molar-refractivity contribution in [3.05, 3.63) is 226 Å². The molecular formula is C49H43F2N3O6. The first kappa shape index (κ1) is 40.1. The molecule has 304 valence electrons. The summed E-state index contributed by atoms with van der Waals surface area (Å²) in [7, 11) is 3.13. The second kappa shape index (κ2) is 16.5. The fourth-order valence-electron chi connectivity index (χ4n) is 8.49. The van der Waals surface area contributed by atoms with Crippen molar-refractivity contribution in [3.8, 4) is 11.5 Å². The molecule has 3 N–H and O–H groups in total. The zero-order valence-electron chi connectivity index (χ0n) is 32.8. The normalized spacial score (nSPS) is 18.1. The zero-order chi connectivity index (χ0) is 41.9. The molecule has 1 saturated heterocycles. The number of ether oxygens (including phenoxy) is 4. The molecule has 1 aliphatic heterocycles. The van der Waals surface area contributed by atoms with Crippen LogP contribution >= 0.6 is 0 Å². The van der Waals surface area contributed by atoms with Gasteiger partial charge < -0.3 is 29.8 Å². The highest BCUT2D eigenvalue weighted by Crippen LogP contribution is 2.55. The van der Waals surface area contributed by atoms with E-state index in [-0.39, 0.29) is 5.82 Å². The van der Waals surface area contributed by atoms with Gasteiger partial charge >= 0.3 is 11.6 Å². The van der Waals surface area contributed by atoms with Crippen molar-refractivity contribution in [1.82, 2.24) is 9.55 Å². The molecule has 6 aromatic carbocycles. The van der Waals surface area contributed by atoms with E-state index in [0.717, 1.165) is 6.20 Å². The minimum Gasteiger partial charge on any atom is -0.497 e. The summed E-state index contributed by atoms with van der Waals surface area (Å²) in [6.07, 6.45) is -7.09. The summed E-state index contributed by atoms with van der Waals surface area (Å²) in [5.41, 5.74) is 5.46. The van der Waals surface area contributed by atoms with Gasteiger partial charge in [-0.3, -0.25) is 4.57 Å². The van der Waals surface area contributed by atoms with Crippen molar-refractivity contribution in [3.63, 3.8) is 0 Å². The number of nitrogens with zero attached hydrogens (tertiary/aromatic N) is 2. The number of benzene rings is 6. The molecule has 0 bridgehead atoms. The summed E-state index contributed by atoms with van der Waals surface area (Å²) >= 11 is 0. The second-order valence-corrected chi connectivity index (χ2v) is 14.6. The molecule has 9 nitrogen and oxygen atoms in total. The minimum atomic E-state index is -4.05. The lowest BCUT2D eigenvalue weighted by atomic mass is 9.63. The molecule has 1 unspecified atom stereocenters. The number of halogens is 2. The van der Waals surface area contributed by atoms with Gasteiger partial charge in [-0.1, -0.05) is 146 Å². The van der Waals surface area contributed by atoms with Crippen LogP contribution in [0, 0.1) is 0 Å². The largest absolute Gasteiger partial charge is 0.497 e. The molecule has 0 saturated carbocycles. The summed E-state index contributed by atoms with van der Waals surface area (Å²) in [6.45, 7) is 0. The first-order valence-corrected chi connectivity index (χ1v) is 19.4. The highest BCUT2D eigenvalue weighted by Gasteiger charge is 2.66. The Labute approximate surface area is 346 Å². The lowest BCUT2D eigenvalue weighted by Crippen LogP contribution is -2.57. The van der Waals surface area contributed by atoms with Crippen molar-refractivity contribution >= 4 is 5.82 Å². The number of hydrogen-bond acceptors (Lipinski definition) is 8. The van der Waals surface area contributed by atoms with Crippen LogP contribution in [0.2, 0.25) is 0 Å². The first-order valence-electron chi connectivity index (χ1n) is 19.4. The van der Waals surface area contributed by atoms with E-state index in [4.69, 9.17) is 24.7 Å². The maximum absolute atomic E-state index is 17.1. The van der Waals surface area contributed by atoms with Crippen LogP contribution in [0.3, 0.4) is 0 Å². The number of hydrogen-bond donors (Lipinski definition) is 2. The number of aromatic nitrogens is 2. The topological polar surface area (TPSA) is 118 Å². The molecule has 60 heavy (non-hydrogen) atoms. The third-order valence-corrected chi connectivity index (χ3v) is 11.3. The Kier molecular flexibility index (Phi) is 11.1. The van der Waals surface area contributed by atoms with E-state index < -0.39 is 47.2 Å². The van der Waals surface area contributed by atoms with Gasteiger partial charge in [0.1, 0.15) is 35.1 Å². The molecule has 0 amide bonds. The van der Waals surface area contributed by atoms with Gasteiger partial charge in [-0.25, -0.2) is 4.79 Å². The number of aliphatic hydroxyl groups excluding tert-OH is 1. The molecular weight excluding hydrogens is 765 g/mol. The maximum Gasteiger partial charge on any atom is 0.351 e. The predicted molar refractivity (Wildman–Crippen MR) is 224 cm³/mol. The lowest BCUT2D eigenvalue weighted by molar-refractivity contribution is -0.161. The van der Waals surface area contributed by atoms with Gasteiger partial charge in [-0.15, -0.1) is 0 Å². The van der Waals surface area contributed by atoms with Crippen LogP contribution in [0.1, 0.15) is 39.6 Å². The molecule has 8 rings (SSSR count). The minimum absolute atomic E-state index is 0.155. The molecule has 0 aliphatic carbocycles. The van der Waals surface area contributed by atoms with Crippen molar-refractivity contribution in [2.24, 2.45) is 0 Å². The van der Waals surface area contributed by atoms with E-state index in [0.29, 0.717) is 49.4 Å². The van der Waals surface area contributed by atoms with E-state index in [9.17, 15) is 9.90 Å². The van der Waals surface area contributed by atoms with Crippen LogP contribution in [0.4, 0.5) is 14.6 Å². The Morgan fingerprint density at radius 1 is 0.650 bits per heavy atom. The predicted octanol–water partition coefficient (Wildman–Crippen LogP) is 8.15. The number of aliphatic hydroxyl groups is 1. The lowest BCUT2D eigenvalue weighted by Gasteiger charge is -2.49. The van der Waals surface area contributed by atoms with Gasteiger partial charge in [-0.05, 0) is 63.7 Å². The summed E-state index contributed by atoms with van der Waals surface area (Å²) in [4.78, 5) is 17.0. The third-order valence-electron chi connectivity index (χ3n) is 11.3. The van der Waals surface area contributed by atoms with Crippen molar-refractivity contribution in [1.29, 1.82) is 0 Å². The van der Waals surface area contributed by atoms with Crippen molar-refractivity contribution in [2.45, 2.75) is 41.5 Å². The quantitative estimate of drug-likeness (QED) is 0.112. The van der Waals surface area contributed by atoms with Crippen LogP contribution in [0.5, 0.6) is 11.5 Å². The number of methoxy groups -OCH3 is 2. The molecule has 7 aromatic rings. The molecule has 4 atom stereocenters. The van der Waals surface area contributed by atoms with E-state index in [2.05, 4.69) is 4.98 Å². The van der Waals surface area contributed by atoms with E-state index in [1.807, 2.05) is 158 Å². The average Bonchev–Trinajstić information content (AvgIpc) is 3.53. The highest BCUT2D eigenvalue weighted by atomic mass is 19.3. The van der Waals surface area contributed by atoms with E-state index >= 15 is 8.78 Å². The molecule has 1 fully saturated rings. The SMILES string of the molecule is COc1ccc(C(OC([C@H]2O[C@@H](n3ccc(N)nc3=O)C(F)(F)[C@@H]2O)C(c2ccccc2)(c2ccccc2)c2ccc(OC)cc2)(c2ccccc2)c2ccccc2)cc1. The number of anilines is 1. The fraction of sp³-hybridized carbons (Fsp3) is 0.184. The highest BCUT2D eigenvalue weighted by molar-refractivity contribution is 5.55. The van der Waals surface area contributed by atoms with Gasteiger partial charge in [0.2, 0.25) is 6.23 Å². The van der Waals surface area contributed by atoms with Crippen LogP contribution in [0.25, 0.3) is 0 Å². The average molecular weight is 808 g/mol. The molecule has 0 radical (unpaired) electrons. The molecule has 1 aromatic heterocycles. The van der Waals surface area contributed by atoms with Gasteiger partial charge in [0.15, 0.2) is 6.10 Å². The smallest absolute Gasteiger partial charge is 0.351 e. The second-order valence-electron chi connectivity index (χ2n) is 14.6. The summed E-state index contributed by atoms with van der Waals surface area (Å²) in [5.74, 6) is -3.05. The van der Waals surface area contributed by atoms with Crippen LogP contribution < -0.4 is 20.9 Å². The molecule has 0 spiro atoms. The van der Waals surface area contributed by atoms with Crippen molar-refractivity contribution < 1.29 is 32.8 Å². The fourth-order valence-corrected chi connectivity index (χ4v) is 8.49. The van der Waals surface area contributed by atoms with Crippen molar-refractivity contribution in [2.75, 3.05) is 20.0 Å². The number of nitrogen functional groups attached to an aromatic ring is 1. The molecule has 2 heterocycles. The molecule has 1 aliphatic rings. The Bertz CT molecular complexity index is 2480. The Morgan fingerprint density at radius 3 is 1.48 bits per heavy atom. The Morgan fingerprint density at radius 2 is 1.05 bits per heavy atom. The first-order chi connectivity index (χ1) is 29.1. The Balaban J connectivity index is 1.51. The standard InChI is InChI=1S/C49H43F2N3O6/c1-57-39-27-23-35(24-28-39)47(33-15-7-3-8-16-33,34-17-9-4-10-18-34)44(42-43(55)49(50,51)45(59-42)54-32-31-41(52)53-46(54)56)60-48(36-19-11-5-12-20-36,37-21-13-6-14-22-37)38-25-29-40(58-2)30-26-38/h3-32,42-45,55H,1-2H3,(H2,52,53,56)/t42-,43+,44?,45+/m0/s1. The molecule has 11 heteroatoms. The Hall–Kier alpha value is -6.66. The third kappa shape index (κ3) is 6.90.